The summed E-state index contributed by atoms with van der Waals surface area (Å²) in [5.41, 5.74) is 6.93. The first-order chi connectivity index (χ1) is 32.8. The second kappa shape index (κ2) is 19.0. The van der Waals surface area contributed by atoms with E-state index in [2.05, 4.69) is 55.7 Å². The van der Waals surface area contributed by atoms with E-state index in [0.29, 0.717) is 54.4 Å². The summed E-state index contributed by atoms with van der Waals surface area (Å²) >= 11 is 6.27. The third-order valence-corrected chi connectivity index (χ3v) is 16.0. The number of aromatic nitrogens is 2. The van der Waals surface area contributed by atoms with Crippen LogP contribution < -0.4 is 24.6 Å². The van der Waals surface area contributed by atoms with Crippen LogP contribution >= 0.6 is 11.6 Å². The second-order valence-electron chi connectivity index (χ2n) is 19.6. The molecule has 358 valence electrons. The predicted octanol–water partition coefficient (Wildman–Crippen LogP) is 7.94. The number of hydrogen-bond acceptors (Lipinski definition) is 13. The minimum atomic E-state index is -4.57. The van der Waals surface area contributed by atoms with E-state index in [1.54, 1.807) is 12.3 Å². The second-order valence-corrected chi connectivity index (χ2v) is 21.7. The number of rotatable bonds is 13. The molecule has 2 unspecified atom stereocenters. The number of pyridine rings is 1. The molecule has 5 aliphatic rings. The quantitative estimate of drug-likeness (QED) is 0.0766. The van der Waals surface area contributed by atoms with Crippen molar-refractivity contribution in [3.05, 3.63) is 111 Å². The molecule has 1 amide bonds. The third-order valence-electron chi connectivity index (χ3n) is 14.5. The fourth-order valence-corrected chi connectivity index (χ4v) is 11.7. The first-order valence-electron chi connectivity index (χ1n) is 23.6. The lowest BCUT2D eigenvalue weighted by Crippen LogP contribution is -2.47. The number of aromatic amines is 1. The van der Waals surface area contributed by atoms with Gasteiger partial charge in [0.05, 0.1) is 34.2 Å². The molecule has 2 aromatic heterocycles. The summed E-state index contributed by atoms with van der Waals surface area (Å²) in [6.45, 7) is 13.9. The maximum Gasteiger partial charge on any atom is 0.293 e. The van der Waals surface area contributed by atoms with E-state index in [1.807, 2.05) is 41.3 Å². The number of ether oxygens (including phenoxy) is 2. The smallest absolute Gasteiger partial charge is 0.293 e. The van der Waals surface area contributed by atoms with Crippen molar-refractivity contribution in [2.75, 3.05) is 100 Å². The fraction of sp³-hybridized carbons (Fsp3) is 0.440. The molecule has 0 spiro atoms. The minimum absolute atomic E-state index is 0.112. The Labute approximate surface area is 401 Å². The number of allylic oxidation sites excluding steroid dienone is 1. The van der Waals surface area contributed by atoms with Gasteiger partial charge in [-0.05, 0) is 109 Å². The number of piperazine rings is 1. The molecule has 3 fully saturated rings. The summed E-state index contributed by atoms with van der Waals surface area (Å²) < 4.78 is 41.9. The summed E-state index contributed by atoms with van der Waals surface area (Å²) in [4.78, 5) is 42.6. The van der Waals surface area contributed by atoms with Crippen molar-refractivity contribution >= 4 is 72.6 Å². The van der Waals surface area contributed by atoms with E-state index >= 15 is 0 Å². The van der Waals surface area contributed by atoms with Gasteiger partial charge in [-0.25, -0.2) is 13.1 Å². The molecule has 10 rings (SSSR count). The number of nitrogens with zero attached hydrogens (tertiary/aromatic N) is 6. The van der Waals surface area contributed by atoms with E-state index < -0.39 is 31.4 Å². The van der Waals surface area contributed by atoms with Crippen LogP contribution in [0.2, 0.25) is 5.02 Å². The Morgan fingerprint density at radius 3 is 2.57 bits per heavy atom. The molecule has 3 N–H and O–H groups in total. The predicted molar refractivity (Wildman–Crippen MR) is 265 cm³/mol. The Balaban J connectivity index is 0.880. The lowest BCUT2D eigenvalue weighted by Gasteiger charge is -2.39. The van der Waals surface area contributed by atoms with E-state index in [1.165, 1.54) is 28.8 Å². The number of nitro groups is 1. The maximum atomic E-state index is 14.4. The summed E-state index contributed by atoms with van der Waals surface area (Å²) in [5.74, 6) is 0.611. The number of hydrogen-bond donors (Lipinski definition) is 3. The zero-order valence-corrected chi connectivity index (χ0v) is 40.1. The normalized spacial score (nSPS) is 21.0. The molecule has 16 nitrogen and oxygen atoms in total. The number of carbonyl (C=O) groups excluding carboxylic acids is 1. The first-order valence-corrected chi connectivity index (χ1v) is 25.5. The van der Waals surface area contributed by atoms with Gasteiger partial charge in [-0.2, -0.15) is 4.98 Å². The van der Waals surface area contributed by atoms with Crippen molar-refractivity contribution in [2.45, 2.75) is 44.4 Å². The highest BCUT2D eigenvalue weighted by molar-refractivity contribution is 7.90. The SMILES string of the molecule is CC1(C)CCC(CN2CCN(c3ccc(C(=O)NS(=O)(=O)c4ccc(NCCN5CCC6COCC6C5)c([N+](=O)[O-])c4)c(N4CCOc5nc6[nH]ccc6cc54)c3)CC2)=C(c2ccc(Cl)cc2)C1. The number of nitrogens with one attached hydrogen (secondary N) is 3. The van der Waals surface area contributed by atoms with Crippen molar-refractivity contribution in [3.63, 3.8) is 0 Å². The van der Waals surface area contributed by atoms with Crippen LogP contribution in [0.1, 0.15) is 55.5 Å². The topological polar surface area (TPSA) is 179 Å². The molecule has 0 bridgehead atoms. The number of fused-ring (bicyclic) bond motifs is 3. The summed E-state index contributed by atoms with van der Waals surface area (Å²) in [6, 6.07) is 21.2. The van der Waals surface area contributed by atoms with Crippen LogP contribution in [0.4, 0.5) is 28.4 Å². The van der Waals surface area contributed by atoms with Crippen molar-refractivity contribution in [3.8, 4) is 5.88 Å². The van der Waals surface area contributed by atoms with Gasteiger partial charge in [0.25, 0.3) is 21.6 Å². The van der Waals surface area contributed by atoms with Gasteiger partial charge in [-0.1, -0.05) is 43.2 Å². The van der Waals surface area contributed by atoms with E-state index in [0.717, 1.165) is 107 Å². The van der Waals surface area contributed by atoms with Gasteiger partial charge >= 0.3 is 0 Å². The van der Waals surface area contributed by atoms with E-state index in [4.69, 9.17) is 26.1 Å². The Bertz CT molecular complexity index is 2860. The highest BCUT2D eigenvalue weighted by Crippen LogP contribution is 2.44. The molecule has 4 aliphatic heterocycles. The summed E-state index contributed by atoms with van der Waals surface area (Å²) in [5, 5.41) is 17.0. The van der Waals surface area contributed by atoms with Gasteiger partial charge in [0.1, 0.15) is 23.6 Å². The average Bonchev–Trinajstić information content (AvgIpc) is 4.01. The van der Waals surface area contributed by atoms with Crippen LogP contribution in [0.3, 0.4) is 0 Å². The first kappa shape index (κ1) is 46.0. The third kappa shape index (κ3) is 9.77. The minimum Gasteiger partial charge on any atom is -0.474 e. The molecule has 1 aliphatic carbocycles. The Hall–Kier alpha value is -5.72. The highest BCUT2D eigenvalue weighted by Gasteiger charge is 2.35. The van der Waals surface area contributed by atoms with Crippen molar-refractivity contribution < 1.29 is 27.6 Å². The summed E-state index contributed by atoms with van der Waals surface area (Å²) in [7, 11) is -4.57. The van der Waals surface area contributed by atoms with Crippen LogP contribution in [0.15, 0.2) is 89.5 Å². The molecule has 18 heteroatoms. The monoisotopic (exact) mass is 963 g/mol. The number of piperidine rings is 1. The summed E-state index contributed by atoms with van der Waals surface area (Å²) in [6.07, 6.45) is 6.06. The Morgan fingerprint density at radius 1 is 0.956 bits per heavy atom. The van der Waals surface area contributed by atoms with Gasteiger partial charge in [-0.3, -0.25) is 19.8 Å². The fourth-order valence-electron chi connectivity index (χ4n) is 10.6. The van der Waals surface area contributed by atoms with E-state index in [-0.39, 0.29) is 23.3 Å². The molecule has 3 saturated heterocycles. The standard InChI is InChI=1S/C50H58ClN9O7S/c1-50(2)14-11-35(42(28-50)33-3-5-38(51)6-4-33)29-57-19-21-58(22-20-57)39-7-9-41(44(26-39)59-23-24-67-49-46(59)25-34-12-15-53-47(34)54-49)48(61)55-68(64,65)40-8-10-43(45(27-40)60(62)63)52-16-18-56-17-13-36-31-66-32-37(36)30-56/h3-10,12,15,25-27,36-37,52H,11,13-14,16-24,28-32H2,1-2H3,(H,53,54)(H,55,61). The number of carbonyl (C=O) groups is 1. The largest absolute Gasteiger partial charge is 0.474 e. The Morgan fingerprint density at radius 2 is 1.76 bits per heavy atom. The van der Waals surface area contributed by atoms with Gasteiger partial charge < -0.3 is 34.5 Å². The molecule has 68 heavy (non-hydrogen) atoms. The molecule has 5 aromatic rings. The van der Waals surface area contributed by atoms with Gasteiger partial charge in [0, 0.05) is 93.2 Å². The van der Waals surface area contributed by atoms with Crippen LogP contribution in [-0.2, 0) is 14.8 Å². The van der Waals surface area contributed by atoms with Crippen LogP contribution in [0.25, 0.3) is 16.6 Å². The van der Waals surface area contributed by atoms with Gasteiger partial charge in [-0.15, -0.1) is 0 Å². The number of amides is 1. The highest BCUT2D eigenvalue weighted by atomic mass is 35.5. The van der Waals surface area contributed by atoms with Crippen LogP contribution in [0.5, 0.6) is 5.88 Å². The number of anilines is 4. The lowest BCUT2D eigenvalue weighted by molar-refractivity contribution is -0.384. The van der Waals surface area contributed by atoms with Gasteiger partial charge in [0.2, 0.25) is 5.88 Å². The number of H-pyrrole nitrogens is 1. The number of benzene rings is 3. The molecular weight excluding hydrogens is 906 g/mol. The number of likely N-dealkylation sites (tertiary alicyclic amines) is 1. The maximum absolute atomic E-state index is 14.4. The van der Waals surface area contributed by atoms with Crippen molar-refractivity contribution in [1.82, 2.24) is 24.5 Å². The molecule has 3 aromatic carbocycles. The Kier molecular flexibility index (Phi) is 12.9. The molecule has 0 radical (unpaired) electrons. The van der Waals surface area contributed by atoms with Crippen molar-refractivity contribution in [1.29, 1.82) is 0 Å². The van der Waals surface area contributed by atoms with E-state index in [9.17, 15) is 23.3 Å². The zero-order valence-electron chi connectivity index (χ0n) is 38.5. The number of nitro benzene ring substituents is 1. The van der Waals surface area contributed by atoms with Gasteiger partial charge in [0.15, 0.2) is 0 Å². The average molecular weight is 965 g/mol. The molecular formula is C50H58ClN9O7S. The molecule has 2 atom stereocenters. The van der Waals surface area contributed by atoms with Crippen LogP contribution in [-0.4, -0.2) is 124 Å². The molecule has 0 saturated carbocycles. The lowest BCUT2D eigenvalue weighted by atomic mass is 9.72. The number of sulfonamides is 1. The number of halogens is 1. The van der Waals surface area contributed by atoms with Crippen LogP contribution in [0, 0.1) is 27.4 Å². The molecule has 6 heterocycles. The van der Waals surface area contributed by atoms with Crippen molar-refractivity contribution in [2.24, 2.45) is 17.3 Å². The zero-order chi connectivity index (χ0) is 47.2.